The van der Waals surface area contributed by atoms with Gasteiger partial charge >= 0.3 is 0 Å². The first-order chi connectivity index (χ1) is 8.61. The number of rotatable bonds is 2. The molecule has 1 N–H and O–H groups in total. The van der Waals surface area contributed by atoms with E-state index in [9.17, 15) is 9.50 Å². The number of aromatic nitrogens is 2. The van der Waals surface area contributed by atoms with Crippen molar-refractivity contribution in [3.05, 3.63) is 57.8 Å². The molecular weight excluding hydrogens is 301 g/mol. The number of hydrogen-bond acceptors (Lipinski definition) is 4. The van der Waals surface area contributed by atoms with Crippen molar-refractivity contribution >= 4 is 15.9 Å². The lowest BCUT2D eigenvalue weighted by atomic mass is 10.1. The van der Waals surface area contributed by atoms with Gasteiger partial charge in [0.25, 0.3) is 0 Å². The second-order valence-electron chi connectivity index (χ2n) is 3.49. The highest BCUT2D eigenvalue weighted by molar-refractivity contribution is 9.10. The highest BCUT2D eigenvalue weighted by atomic mass is 79.9. The van der Waals surface area contributed by atoms with Crippen LogP contribution in [0.3, 0.4) is 0 Å². The second-order valence-corrected chi connectivity index (χ2v) is 4.30. The van der Waals surface area contributed by atoms with Crippen molar-refractivity contribution in [1.29, 1.82) is 5.26 Å². The van der Waals surface area contributed by atoms with Crippen molar-refractivity contribution in [1.82, 2.24) is 9.97 Å². The molecule has 0 aliphatic carbocycles. The summed E-state index contributed by atoms with van der Waals surface area (Å²) >= 11 is 3.15. The van der Waals surface area contributed by atoms with E-state index in [2.05, 4.69) is 25.9 Å². The Morgan fingerprint density at radius 2 is 2.17 bits per heavy atom. The predicted octanol–water partition coefficient (Wildman–Crippen LogP) is 2.33. The first-order valence-electron chi connectivity index (χ1n) is 4.98. The molecule has 2 aromatic rings. The third-order valence-corrected chi connectivity index (χ3v) is 2.75. The van der Waals surface area contributed by atoms with Gasteiger partial charge in [-0.25, -0.2) is 14.4 Å². The molecular formula is C12H7BrFN3O. The molecule has 1 atom stereocenters. The molecule has 0 fully saturated rings. The third-order valence-electron chi connectivity index (χ3n) is 2.31. The average molecular weight is 308 g/mol. The summed E-state index contributed by atoms with van der Waals surface area (Å²) in [7, 11) is 0. The van der Waals surface area contributed by atoms with Crippen LogP contribution in [0, 0.1) is 17.1 Å². The van der Waals surface area contributed by atoms with Crippen molar-refractivity contribution in [3.8, 4) is 6.07 Å². The van der Waals surface area contributed by atoms with E-state index in [1.807, 2.05) is 6.07 Å². The molecule has 0 aliphatic rings. The van der Waals surface area contributed by atoms with Gasteiger partial charge in [0.05, 0.1) is 11.6 Å². The van der Waals surface area contributed by atoms with Crippen LogP contribution >= 0.6 is 15.9 Å². The zero-order valence-corrected chi connectivity index (χ0v) is 10.6. The van der Waals surface area contributed by atoms with Gasteiger partial charge in [-0.2, -0.15) is 5.26 Å². The van der Waals surface area contributed by atoms with Gasteiger partial charge < -0.3 is 5.11 Å². The zero-order valence-electron chi connectivity index (χ0n) is 9.01. The Hall–Kier alpha value is -1.84. The van der Waals surface area contributed by atoms with Crippen molar-refractivity contribution in [2.24, 2.45) is 0 Å². The standard InChI is InChI=1S/C12H7BrFN3O/c13-10-3-4-16-12(17-10)11(18)8-2-1-7(6-15)5-9(8)14/h1-5,11,18H. The lowest BCUT2D eigenvalue weighted by Gasteiger charge is -2.10. The first-order valence-corrected chi connectivity index (χ1v) is 5.77. The summed E-state index contributed by atoms with van der Waals surface area (Å²) in [5.74, 6) is -0.571. The largest absolute Gasteiger partial charge is 0.380 e. The Morgan fingerprint density at radius 3 is 2.78 bits per heavy atom. The molecule has 18 heavy (non-hydrogen) atoms. The van der Waals surface area contributed by atoms with Crippen LogP contribution in [-0.2, 0) is 0 Å². The van der Waals surface area contributed by atoms with Gasteiger partial charge in [-0.3, -0.25) is 0 Å². The number of aliphatic hydroxyl groups is 1. The van der Waals surface area contributed by atoms with Crippen LogP contribution in [0.15, 0.2) is 35.1 Å². The number of halogens is 2. The molecule has 0 bridgehead atoms. The molecule has 0 radical (unpaired) electrons. The molecule has 2 rings (SSSR count). The van der Waals surface area contributed by atoms with Crippen LogP contribution in [0.2, 0.25) is 0 Å². The Balaban J connectivity index is 2.40. The van der Waals surface area contributed by atoms with Crippen molar-refractivity contribution in [3.63, 3.8) is 0 Å². The summed E-state index contributed by atoms with van der Waals surface area (Å²) < 4.78 is 14.2. The van der Waals surface area contributed by atoms with E-state index in [0.29, 0.717) is 4.60 Å². The lowest BCUT2D eigenvalue weighted by Crippen LogP contribution is -2.07. The molecule has 0 saturated carbocycles. The topological polar surface area (TPSA) is 69.8 Å². The van der Waals surface area contributed by atoms with Crippen molar-refractivity contribution in [2.45, 2.75) is 6.10 Å². The van der Waals surface area contributed by atoms with Crippen molar-refractivity contribution < 1.29 is 9.50 Å². The monoisotopic (exact) mass is 307 g/mol. The van der Waals surface area contributed by atoms with Gasteiger partial charge in [-0.1, -0.05) is 6.07 Å². The zero-order chi connectivity index (χ0) is 13.1. The predicted molar refractivity (Wildman–Crippen MR) is 64.9 cm³/mol. The van der Waals surface area contributed by atoms with Crippen LogP contribution in [0.5, 0.6) is 0 Å². The molecule has 1 aromatic carbocycles. The molecule has 0 spiro atoms. The smallest absolute Gasteiger partial charge is 0.162 e. The summed E-state index contributed by atoms with van der Waals surface area (Å²) in [6.45, 7) is 0. The van der Waals surface area contributed by atoms with Gasteiger partial charge in [0, 0.05) is 11.8 Å². The molecule has 0 aliphatic heterocycles. The Morgan fingerprint density at radius 1 is 1.39 bits per heavy atom. The Kier molecular flexibility index (Phi) is 3.65. The minimum Gasteiger partial charge on any atom is -0.380 e. The summed E-state index contributed by atoms with van der Waals surface area (Å²) in [5, 5.41) is 18.6. The van der Waals surface area contributed by atoms with Gasteiger partial charge in [-0.05, 0) is 34.1 Å². The summed E-state index contributed by atoms with van der Waals surface area (Å²) in [6.07, 6.45) is 0.187. The van der Waals surface area contributed by atoms with Gasteiger partial charge in [0.2, 0.25) is 0 Å². The minimum absolute atomic E-state index is 0.0344. The Labute approximate surface area is 111 Å². The summed E-state index contributed by atoms with van der Waals surface area (Å²) in [5.41, 5.74) is 0.228. The fourth-order valence-corrected chi connectivity index (χ4v) is 1.74. The van der Waals surface area contributed by atoms with Crippen LogP contribution < -0.4 is 0 Å². The van der Waals surface area contributed by atoms with Gasteiger partial charge in [0.1, 0.15) is 16.5 Å². The van der Waals surface area contributed by atoms with Crippen LogP contribution in [-0.4, -0.2) is 15.1 Å². The van der Waals surface area contributed by atoms with E-state index in [-0.39, 0.29) is 17.0 Å². The maximum Gasteiger partial charge on any atom is 0.162 e. The maximum absolute atomic E-state index is 13.7. The van der Waals surface area contributed by atoms with Crippen molar-refractivity contribution in [2.75, 3.05) is 0 Å². The molecule has 1 aromatic heterocycles. The quantitative estimate of drug-likeness (QED) is 0.865. The average Bonchev–Trinajstić information content (AvgIpc) is 2.37. The van der Waals surface area contributed by atoms with E-state index >= 15 is 0 Å². The molecule has 4 nitrogen and oxygen atoms in total. The number of hydrogen-bond donors (Lipinski definition) is 1. The first kappa shape index (κ1) is 12.6. The number of benzene rings is 1. The third kappa shape index (κ3) is 2.53. The Bertz CT molecular complexity index is 627. The minimum atomic E-state index is -1.27. The fourth-order valence-electron chi connectivity index (χ4n) is 1.44. The van der Waals surface area contributed by atoms with Crippen LogP contribution in [0.25, 0.3) is 0 Å². The highest BCUT2D eigenvalue weighted by Gasteiger charge is 2.18. The highest BCUT2D eigenvalue weighted by Crippen LogP contribution is 2.23. The van der Waals surface area contributed by atoms with Gasteiger partial charge in [0.15, 0.2) is 5.82 Å². The SMILES string of the molecule is N#Cc1ccc(C(O)c2nccc(Br)n2)c(F)c1. The number of nitriles is 1. The molecule has 1 heterocycles. The fraction of sp³-hybridized carbons (Fsp3) is 0.0833. The summed E-state index contributed by atoms with van der Waals surface area (Å²) in [6, 6.07) is 7.27. The summed E-state index contributed by atoms with van der Waals surface area (Å²) in [4.78, 5) is 7.83. The lowest BCUT2D eigenvalue weighted by molar-refractivity contribution is 0.204. The van der Waals surface area contributed by atoms with E-state index in [4.69, 9.17) is 5.26 Å². The van der Waals surface area contributed by atoms with E-state index < -0.39 is 11.9 Å². The number of nitrogens with zero attached hydrogens (tertiary/aromatic N) is 3. The van der Waals surface area contributed by atoms with Crippen LogP contribution in [0.4, 0.5) is 4.39 Å². The van der Waals surface area contributed by atoms with Crippen LogP contribution in [0.1, 0.15) is 23.1 Å². The number of aliphatic hydroxyl groups excluding tert-OH is 1. The maximum atomic E-state index is 13.7. The van der Waals surface area contributed by atoms with E-state index in [0.717, 1.165) is 6.07 Å². The molecule has 90 valence electrons. The van der Waals surface area contributed by atoms with Gasteiger partial charge in [-0.15, -0.1) is 0 Å². The molecule has 0 saturated heterocycles. The molecule has 6 heteroatoms. The molecule has 0 amide bonds. The van der Waals surface area contributed by atoms with E-state index in [1.165, 1.54) is 18.3 Å². The molecule has 1 unspecified atom stereocenters. The second kappa shape index (κ2) is 5.21. The van der Waals surface area contributed by atoms with E-state index in [1.54, 1.807) is 6.07 Å². The normalized spacial score (nSPS) is 11.9.